The maximum Gasteiger partial charge on any atom is 0.128 e. The fraction of sp³-hybridized carbons (Fsp3) is 0.294. The fourth-order valence-corrected chi connectivity index (χ4v) is 2.27. The second-order valence-electron chi connectivity index (χ2n) is 4.93. The van der Waals surface area contributed by atoms with Crippen LogP contribution < -0.4 is 5.32 Å². The quantitative estimate of drug-likeness (QED) is 0.854. The standard InChI is InChI=1S/C17H19F2N/c1-3-10-20-17(13-6-4-5-7-15(13)18)14-11-12(2)8-9-16(14)19/h4-9,11,17,20H,3,10H2,1-2H3. The van der Waals surface area contributed by atoms with E-state index < -0.39 is 6.04 Å². The maximum absolute atomic E-state index is 14.1. The van der Waals surface area contributed by atoms with Crippen LogP contribution in [0.25, 0.3) is 0 Å². The van der Waals surface area contributed by atoms with Crippen molar-refractivity contribution < 1.29 is 8.78 Å². The summed E-state index contributed by atoms with van der Waals surface area (Å²) in [5.41, 5.74) is 1.93. The number of hydrogen-bond donors (Lipinski definition) is 1. The highest BCUT2D eigenvalue weighted by Crippen LogP contribution is 2.27. The van der Waals surface area contributed by atoms with Gasteiger partial charge in [0.05, 0.1) is 6.04 Å². The van der Waals surface area contributed by atoms with Crippen molar-refractivity contribution in [3.63, 3.8) is 0 Å². The highest BCUT2D eigenvalue weighted by atomic mass is 19.1. The average molecular weight is 275 g/mol. The van der Waals surface area contributed by atoms with Gasteiger partial charge in [0.15, 0.2) is 0 Å². The van der Waals surface area contributed by atoms with Crippen molar-refractivity contribution in [2.24, 2.45) is 0 Å². The third-order valence-corrected chi connectivity index (χ3v) is 3.28. The van der Waals surface area contributed by atoms with Crippen LogP contribution in [0.2, 0.25) is 0 Å². The second-order valence-corrected chi connectivity index (χ2v) is 4.93. The van der Waals surface area contributed by atoms with Gasteiger partial charge in [-0.1, -0.05) is 42.8 Å². The van der Waals surface area contributed by atoms with Crippen LogP contribution in [0.4, 0.5) is 8.78 Å². The van der Waals surface area contributed by atoms with E-state index in [1.54, 1.807) is 30.3 Å². The highest BCUT2D eigenvalue weighted by molar-refractivity contribution is 5.35. The number of halogens is 2. The van der Waals surface area contributed by atoms with Crippen LogP contribution >= 0.6 is 0 Å². The predicted octanol–water partition coefficient (Wildman–Crippen LogP) is 4.36. The molecule has 2 aromatic rings. The molecule has 2 aromatic carbocycles. The van der Waals surface area contributed by atoms with Crippen molar-refractivity contribution in [2.45, 2.75) is 26.3 Å². The van der Waals surface area contributed by atoms with Gasteiger partial charge < -0.3 is 5.32 Å². The summed E-state index contributed by atoms with van der Waals surface area (Å²) in [5.74, 6) is -0.630. The van der Waals surface area contributed by atoms with E-state index in [-0.39, 0.29) is 11.6 Å². The van der Waals surface area contributed by atoms with Gasteiger partial charge in [-0.2, -0.15) is 0 Å². The van der Waals surface area contributed by atoms with Crippen molar-refractivity contribution in [2.75, 3.05) is 6.54 Å². The molecule has 0 saturated heterocycles. The van der Waals surface area contributed by atoms with Crippen LogP contribution in [-0.4, -0.2) is 6.54 Å². The molecule has 2 rings (SSSR count). The van der Waals surface area contributed by atoms with Crippen molar-refractivity contribution >= 4 is 0 Å². The summed E-state index contributed by atoms with van der Waals surface area (Å²) in [6, 6.07) is 11.0. The van der Waals surface area contributed by atoms with Crippen LogP contribution in [0.3, 0.4) is 0 Å². The first kappa shape index (κ1) is 14.7. The summed E-state index contributed by atoms with van der Waals surface area (Å²) in [4.78, 5) is 0. The summed E-state index contributed by atoms with van der Waals surface area (Å²) in [5, 5.41) is 3.23. The molecule has 0 fully saturated rings. The molecule has 106 valence electrons. The van der Waals surface area contributed by atoms with Crippen molar-refractivity contribution in [1.29, 1.82) is 0 Å². The lowest BCUT2D eigenvalue weighted by molar-refractivity contribution is 0.520. The predicted molar refractivity (Wildman–Crippen MR) is 77.7 cm³/mol. The number of nitrogens with one attached hydrogen (secondary N) is 1. The average Bonchev–Trinajstić information content (AvgIpc) is 2.44. The molecule has 0 saturated carbocycles. The van der Waals surface area contributed by atoms with E-state index >= 15 is 0 Å². The van der Waals surface area contributed by atoms with Crippen molar-refractivity contribution in [3.8, 4) is 0 Å². The molecule has 0 aromatic heterocycles. The number of hydrogen-bond acceptors (Lipinski definition) is 1. The first-order valence-electron chi connectivity index (χ1n) is 6.87. The molecular weight excluding hydrogens is 256 g/mol. The highest BCUT2D eigenvalue weighted by Gasteiger charge is 2.20. The Kier molecular flexibility index (Phi) is 4.85. The summed E-state index contributed by atoms with van der Waals surface area (Å²) < 4.78 is 28.1. The number of rotatable bonds is 5. The molecule has 1 atom stereocenters. The maximum atomic E-state index is 14.1. The third kappa shape index (κ3) is 3.23. The summed E-state index contributed by atoms with van der Waals surface area (Å²) in [7, 11) is 0. The molecule has 0 heterocycles. The number of aryl methyl sites for hydroxylation is 1. The van der Waals surface area contributed by atoms with Crippen LogP contribution in [0, 0.1) is 18.6 Å². The van der Waals surface area contributed by atoms with Gasteiger partial charge in [-0.25, -0.2) is 8.78 Å². The molecule has 0 bridgehead atoms. The zero-order valence-electron chi connectivity index (χ0n) is 11.8. The monoisotopic (exact) mass is 275 g/mol. The van der Waals surface area contributed by atoms with E-state index in [1.165, 1.54) is 12.1 Å². The van der Waals surface area contributed by atoms with Gasteiger partial charge in [-0.05, 0) is 32.0 Å². The molecule has 0 radical (unpaired) electrons. The fourth-order valence-electron chi connectivity index (χ4n) is 2.27. The van der Waals surface area contributed by atoms with E-state index in [9.17, 15) is 8.78 Å². The third-order valence-electron chi connectivity index (χ3n) is 3.28. The lowest BCUT2D eigenvalue weighted by Gasteiger charge is -2.21. The lowest BCUT2D eigenvalue weighted by atomic mass is 9.96. The summed E-state index contributed by atoms with van der Waals surface area (Å²) in [6.07, 6.45) is 0.901. The van der Waals surface area contributed by atoms with Gasteiger partial charge in [0.25, 0.3) is 0 Å². The molecule has 0 aliphatic rings. The van der Waals surface area contributed by atoms with E-state index in [2.05, 4.69) is 5.32 Å². The Hall–Kier alpha value is -1.74. The van der Waals surface area contributed by atoms with Crippen molar-refractivity contribution in [3.05, 3.63) is 70.8 Å². The lowest BCUT2D eigenvalue weighted by Crippen LogP contribution is -2.25. The zero-order valence-corrected chi connectivity index (χ0v) is 11.8. The molecular formula is C17H19F2N. The Labute approximate surface area is 118 Å². The molecule has 0 spiro atoms. The van der Waals surface area contributed by atoms with Gasteiger partial charge in [0, 0.05) is 11.1 Å². The Balaban J connectivity index is 2.47. The SMILES string of the molecule is CCCNC(c1ccccc1F)c1cc(C)ccc1F. The van der Waals surface area contributed by atoms with E-state index in [4.69, 9.17) is 0 Å². The molecule has 0 aliphatic heterocycles. The van der Waals surface area contributed by atoms with E-state index in [0.29, 0.717) is 17.7 Å². The minimum absolute atomic E-state index is 0.313. The molecule has 0 amide bonds. The number of benzene rings is 2. The Morgan fingerprint density at radius 2 is 1.70 bits per heavy atom. The normalized spacial score (nSPS) is 12.4. The van der Waals surface area contributed by atoms with Crippen LogP contribution in [0.15, 0.2) is 42.5 Å². The first-order valence-corrected chi connectivity index (χ1v) is 6.87. The van der Waals surface area contributed by atoms with Crippen LogP contribution in [-0.2, 0) is 0 Å². The van der Waals surface area contributed by atoms with Gasteiger partial charge in [0.1, 0.15) is 11.6 Å². The van der Waals surface area contributed by atoms with Crippen LogP contribution in [0.5, 0.6) is 0 Å². The Morgan fingerprint density at radius 1 is 1.00 bits per heavy atom. The van der Waals surface area contributed by atoms with Crippen LogP contribution in [0.1, 0.15) is 36.1 Å². The molecule has 3 heteroatoms. The minimum atomic E-state index is -0.462. The Bertz CT molecular complexity index is 581. The second kappa shape index (κ2) is 6.62. The molecule has 1 N–H and O–H groups in total. The minimum Gasteiger partial charge on any atom is -0.306 e. The first-order chi connectivity index (χ1) is 9.63. The van der Waals surface area contributed by atoms with E-state index in [1.807, 2.05) is 13.8 Å². The van der Waals surface area contributed by atoms with Gasteiger partial charge >= 0.3 is 0 Å². The smallest absolute Gasteiger partial charge is 0.128 e. The molecule has 1 unspecified atom stereocenters. The molecule has 1 nitrogen and oxygen atoms in total. The largest absolute Gasteiger partial charge is 0.306 e. The zero-order chi connectivity index (χ0) is 14.5. The van der Waals surface area contributed by atoms with E-state index in [0.717, 1.165) is 12.0 Å². The summed E-state index contributed by atoms with van der Waals surface area (Å²) in [6.45, 7) is 4.63. The van der Waals surface area contributed by atoms with Gasteiger partial charge in [-0.15, -0.1) is 0 Å². The van der Waals surface area contributed by atoms with Crippen molar-refractivity contribution in [1.82, 2.24) is 5.32 Å². The Morgan fingerprint density at radius 3 is 2.40 bits per heavy atom. The topological polar surface area (TPSA) is 12.0 Å². The molecule has 20 heavy (non-hydrogen) atoms. The summed E-state index contributed by atoms with van der Waals surface area (Å²) >= 11 is 0. The molecule has 0 aliphatic carbocycles. The van der Waals surface area contributed by atoms with Gasteiger partial charge in [-0.3, -0.25) is 0 Å². The van der Waals surface area contributed by atoms with Gasteiger partial charge in [0.2, 0.25) is 0 Å².